The lowest BCUT2D eigenvalue weighted by Crippen LogP contribution is -2.42. The van der Waals surface area contributed by atoms with Gasteiger partial charge in [0.2, 0.25) is 10.0 Å². The van der Waals surface area contributed by atoms with E-state index in [0.717, 1.165) is 18.6 Å². The van der Waals surface area contributed by atoms with Gasteiger partial charge in [-0.3, -0.25) is 0 Å². The topological polar surface area (TPSA) is 61.4 Å². The van der Waals surface area contributed by atoms with Crippen molar-refractivity contribution < 1.29 is 21.6 Å². The molecule has 0 amide bonds. The van der Waals surface area contributed by atoms with Crippen LogP contribution in [0.2, 0.25) is 0 Å². The van der Waals surface area contributed by atoms with Crippen molar-refractivity contribution in [2.45, 2.75) is 31.3 Å². The Balaban J connectivity index is 1.66. The number of piperidine rings is 1. The molecule has 1 fully saturated rings. The minimum atomic E-state index is -4.45. The average Bonchev–Trinajstić information content (AvgIpc) is 2.67. The number of hydrogen-bond acceptors (Lipinski definition) is 3. The molecule has 0 unspecified atom stereocenters. The van der Waals surface area contributed by atoms with Gasteiger partial charge >= 0.3 is 6.18 Å². The largest absolute Gasteiger partial charge is 0.416 e. The monoisotopic (exact) mass is 471 g/mol. The molecule has 0 spiro atoms. The summed E-state index contributed by atoms with van der Waals surface area (Å²) in [6.45, 7) is 5.09. The summed E-state index contributed by atoms with van der Waals surface area (Å²) in [6, 6.07) is 10.8. The van der Waals surface area contributed by atoms with Crippen LogP contribution in [0.4, 0.5) is 24.5 Å². The van der Waals surface area contributed by atoms with Crippen LogP contribution in [0.1, 0.15) is 25.8 Å². The van der Waals surface area contributed by atoms with Crippen LogP contribution in [0.5, 0.6) is 0 Å². The fraction of sp³-hybridized carbons (Fsp3) is 0.381. The van der Waals surface area contributed by atoms with Gasteiger partial charge in [-0.1, -0.05) is 19.9 Å². The minimum absolute atomic E-state index is 0.0913. The Labute approximate surface area is 185 Å². The maximum absolute atomic E-state index is 12.9. The molecular weight excluding hydrogens is 447 g/mol. The summed E-state index contributed by atoms with van der Waals surface area (Å²) in [4.78, 5) is 0.191. The van der Waals surface area contributed by atoms with Crippen molar-refractivity contribution in [3.05, 3.63) is 54.1 Å². The highest BCUT2D eigenvalue weighted by Crippen LogP contribution is 2.31. The van der Waals surface area contributed by atoms with Crippen LogP contribution >= 0.6 is 12.2 Å². The minimum Gasteiger partial charge on any atom is -0.332 e. The van der Waals surface area contributed by atoms with Gasteiger partial charge in [0, 0.05) is 24.5 Å². The molecular formula is C21H24F3N3O2S2. The van der Waals surface area contributed by atoms with E-state index in [1.807, 2.05) is 13.8 Å². The van der Waals surface area contributed by atoms with Gasteiger partial charge in [0.1, 0.15) is 0 Å². The van der Waals surface area contributed by atoms with Gasteiger partial charge in [0.15, 0.2) is 5.11 Å². The van der Waals surface area contributed by atoms with Crippen LogP contribution in [0.15, 0.2) is 53.4 Å². The number of anilines is 2. The first-order valence-corrected chi connectivity index (χ1v) is 11.7. The summed E-state index contributed by atoms with van der Waals surface area (Å²) in [5, 5.41) is 5.65. The molecule has 1 aliphatic rings. The number of nitrogens with one attached hydrogen (secondary N) is 2. The molecule has 0 saturated carbocycles. The number of alkyl halides is 3. The van der Waals surface area contributed by atoms with Crippen molar-refractivity contribution in [3.8, 4) is 0 Å². The van der Waals surface area contributed by atoms with E-state index in [2.05, 4.69) is 10.6 Å². The van der Waals surface area contributed by atoms with Crippen LogP contribution in [-0.2, 0) is 16.2 Å². The lowest BCUT2D eigenvalue weighted by Gasteiger charge is -2.34. The van der Waals surface area contributed by atoms with E-state index in [0.29, 0.717) is 30.6 Å². The molecule has 2 aromatic carbocycles. The van der Waals surface area contributed by atoms with Crippen LogP contribution in [0.25, 0.3) is 0 Å². The highest BCUT2D eigenvalue weighted by atomic mass is 32.2. The van der Waals surface area contributed by atoms with E-state index >= 15 is 0 Å². The van der Waals surface area contributed by atoms with Crippen LogP contribution in [0, 0.1) is 11.8 Å². The molecule has 1 saturated heterocycles. The summed E-state index contributed by atoms with van der Waals surface area (Å²) in [7, 11) is -3.59. The van der Waals surface area contributed by atoms with Crippen molar-refractivity contribution in [1.29, 1.82) is 0 Å². The molecule has 0 radical (unpaired) electrons. The second-order valence-corrected chi connectivity index (χ2v) is 10.3. The number of nitrogens with zero attached hydrogens (tertiary/aromatic N) is 1. The molecule has 3 rings (SSSR count). The molecule has 31 heavy (non-hydrogen) atoms. The Bertz CT molecular complexity index is 1030. The lowest BCUT2D eigenvalue weighted by molar-refractivity contribution is -0.137. The molecule has 0 aromatic heterocycles. The third-order valence-electron chi connectivity index (χ3n) is 5.03. The number of hydrogen-bond donors (Lipinski definition) is 2. The van der Waals surface area contributed by atoms with Crippen LogP contribution in [0.3, 0.4) is 0 Å². The maximum atomic E-state index is 12.9. The van der Waals surface area contributed by atoms with Crippen molar-refractivity contribution >= 4 is 38.7 Å². The van der Waals surface area contributed by atoms with E-state index in [1.165, 1.54) is 28.6 Å². The first kappa shape index (κ1) is 23.5. The Morgan fingerprint density at radius 1 is 1.00 bits per heavy atom. The summed E-state index contributed by atoms with van der Waals surface area (Å²) < 4.78 is 65.9. The first-order valence-electron chi connectivity index (χ1n) is 9.80. The van der Waals surface area contributed by atoms with E-state index in [-0.39, 0.29) is 15.7 Å². The molecule has 0 bridgehead atoms. The van der Waals surface area contributed by atoms with Gasteiger partial charge in [-0.2, -0.15) is 17.5 Å². The second-order valence-electron chi connectivity index (χ2n) is 7.95. The molecule has 10 heteroatoms. The lowest BCUT2D eigenvalue weighted by atomic mass is 9.94. The van der Waals surface area contributed by atoms with E-state index in [1.54, 1.807) is 12.1 Å². The van der Waals surface area contributed by atoms with Gasteiger partial charge in [-0.25, -0.2) is 8.42 Å². The summed E-state index contributed by atoms with van der Waals surface area (Å²) in [5.74, 6) is 0.609. The van der Waals surface area contributed by atoms with Crippen molar-refractivity contribution in [2.75, 3.05) is 23.7 Å². The van der Waals surface area contributed by atoms with Gasteiger partial charge in [-0.05, 0) is 72.9 Å². The zero-order chi connectivity index (χ0) is 22.8. The first-order chi connectivity index (χ1) is 14.4. The number of thiocarbonyl (C=S) groups is 1. The predicted octanol–water partition coefficient (Wildman–Crippen LogP) is 5.18. The van der Waals surface area contributed by atoms with Crippen molar-refractivity contribution in [3.63, 3.8) is 0 Å². The quantitative estimate of drug-likeness (QED) is 0.602. The Hall–Kier alpha value is -2.17. The molecule has 5 nitrogen and oxygen atoms in total. The fourth-order valence-corrected chi connectivity index (χ4v) is 5.64. The number of benzene rings is 2. The van der Waals surface area contributed by atoms with E-state index in [9.17, 15) is 21.6 Å². The highest BCUT2D eigenvalue weighted by molar-refractivity contribution is 7.89. The molecule has 1 aliphatic heterocycles. The third-order valence-corrected chi connectivity index (χ3v) is 7.08. The zero-order valence-corrected chi connectivity index (χ0v) is 18.7. The fourth-order valence-electron chi connectivity index (χ4n) is 3.73. The molecule has 1 heterocycles. The van der Waals surface area contributed by atoms with Gasteiger partial charge < -0.3 is 10.6 Å². The summed E-state index contributed by atoms with van der Waals surface area (Å²) in [5.41, 5.74) is -0.0696. The molecule has 2 N–H and O–H groups in total. The van der Waals surface area contributed by atoms with E-state index < -0.39 is 21.8 Å². The summed E-state index contributed by atoms with van der Waals surface area (Å²) >= 11 is 5.16. The average molecular weight is 472 g/mol. The Morgan fingerprint density at radius 2 is 1.58 bits per heavy atom. The predicted molar refractivity (Wildman–Crippen MR) is 119 cm³/mol. The van der Waals surface area contributed by atoms with Gasteiger partial charge in [0.05, 0.1) is 10.5 Å². The Morgan fingerprint density at radius 3 is 2.16 bits per heavy atom. The molecule has 2 aromatic rings. The normalized spacial score (nSPS) is 20.3. The van der Waals surface area contributed by atoms with Gasteiger partial charge in [-0.15, -0.1) is 0 Å². The van der Waals surface area contributed by atoms with Crippen molar-refractivity contribution in [1.82, 2.24) is 4.31 Å². The maximum Gasteiger partial charge on any atom is 0.416 e. The number of rotatable bonds is 4. The number of sulfonamides is 1. The third kappa shape index (κ3) is 5.96. The van der Waals surface area contributed by atoms with Crippen LogP contribution in [-0.4, -0.2) is 30.9 Å². The SMILES string of the molecule is C[C@H]1C[C@H](C)CN(S(=O)(=O)c2ccc(NC(=S)Nc3cccc(C(F)(F)F)c3)cc2)C1. The van der Waals surface area contributed by atoms with Crippen LogP contribution < -0.4 is 10.6 Å². The van der Waals surface area contributed by atoms with Crippen molar-refractivity contribution in [2.24, 2.45) is 11.8 Å². The molecule has 0 aliphatic carbocycles. The van der Waals surface area contributed by atoms with E-state index in [4.69, 9.17) is 12.2 Å². The van der Waals surface area contributed by atoms with Gasteiger partial charge in [0.25, 0.3) is 0 Å². The zero-order valence-electron chi connectivity index (χ0n) is 17.1. The summed E-state index contributed by atoms with van der Waals surface area (Å²) in [6.07, 6.45) is -3.44. The molecule has 168 valence electrons. The molecule has 2 atom stereocenters. The number of halogens is 3. The Kier molecular flexibility index (Phi) is 6.92. The standard InChI is InChI=1S/C21H24F3N3O2S2/c1-14-10-15(2)13-27(12-14)31(28,29)19-8-6-17(7-9-19)25-20(30)26-18-5-3-4-16(11-18)21(22,23)24/h3-9,11,14-15H,10,12-13H2,1-2H3,(H2,25,26,30)/t14-,15-/m0/s1. The second kappa shape index (κ2) is 9.13. The smallest absolute Gasteiger partial charge is 0.332 e. The highest BCUT2D eigenvalue weighted by Gasteiger charge is 2.32.